The van der Waals surface area contributed by atoms with Crippen LogP contribution in [0.2, 0.25) is 0 Å². The molecule has 0 amide bonds. The molecular weight excluding hydrogens is 391 g/mol. The van der Waals surface area contributed by atoms with E-state index in [1.807, 2.05) is 12.1 Å². The van der Waals surface area contributed by atoms with Crippen molar-refractivity contribution in [2.24, 2.45) is 0 Å². The molecule has 22 heavy (non-hydrogen) atoms. The van der Waals surface area contributed by atoms with Crippen LogP contribution in [0, 0.1) is 7.14 Å². The Labute approximate surface area is 142 Å². The van der Waals surface area contributed by atoms with Gasteiger partial charge in [-0.15, -0.1) is 0 Å². The average molecular weight is 413 g/mol. The SMILES string of the molecule is COc1cc(OC)c([I-]c2ccc(C(C)C)cc2)c(OC)c1. The molecule has 2 rings (SSSR count). The number of ether oxygens (including phenoxy) is 3. The summed E-state index contributed by atoms with van der Waals surface area (Å²) in [6, 6.07) is 12.7. The monoisotopic (exact) mass is 413 g/mol. The quantitative estimate of drug-likeness (QED) is 0.661. The minimum atomic E-state index is -0.384. The Morgan fingerprint density at radius 1 is 0.818 bits per heavy atom. The van der Waals surface area contributed by atoms with Gasteiger partial charge in [0.1, 0.15) is 0 Å². The Hall–Kier alpha value is -1.43. The van der Waals surface area contributed by atoms with Crippen LogP contribution in [-0.2, 0) is 0 Å². The van der Waals surface area contributed by atoms with E-state index in [0.717, 1.165) is 20.8 Å². The molecule has 0 aliphatic carbocycles. The Balaban J connectivity index is 2.35. The van der Waals surface area contributed by atoms with Crippen molar-refractivity contribution in [3.05, 3.63) is 49.1 Å². The number of benzene rings is 2. The van der Waals surface area contributed by atoms with E-state index < -0.39 is 0 Å². The summed E-state index contributed by atoms with van der Waals surface area (Å²) < 4.78 is 18.8. The van der Waals surface area contributed by atoms with Gasteiger partial charge in [-0.05, 0) is 0 Å². The molecule has 0 aromatic heterocycles. The molecule has 3 nitrogen and oxygen atoms in total. The van der Waals surface area contributed by atoms with E-state index >= 15 is 0 Å². The van der Waals surface area contributed by atoms with Crippen LogP contribution in [0.15, 0.2) is 36.4 Å². The molecular formula is C18H22IO3-. The van der Waals surface area contributed by atoms with Crippen LogP contribution in [-0.4, -0.2) is 21.3 Å². The van der Waals surface area contributed by atoms with Crippen LogP contribution in [0.5, 0.6) is 17.2 Å². The molecule has 0 unspecified atom stereocenters. The molecule has 4 heteroatoms. The summed E-state index contributed by atoms with van der Waals surface area (Å²) in [7, 11) is 5.01. The van der Waals surface area contributed by atoms with Gasteiger partial charge in [-0.25, -0.2) is 0 Å². The van der Waals surface area contributed by atoms with Crippen molar-refractivity contribution in [2.75, 3.05) is 21.3 Å². The second-order valence-corrected chi connectivity index (χ2v) is 8.01. The van der Waals surface area contributed by atoms with Crippen molar-refractivity contribution in [2.45, 2.75) is 19.8 Å². The molecule has 0 saturated heterocycles. The number of halogens is 1. The zero-order valence-corrected chi connectivity index (χ0v) is 15.8. The maximum absolute atomic E-state index is 5.53. The molecule has 0 saturated carbocycles. The predicted octanol–water partition coefficient (Wildman–Crippen LogP) is 0.964. The first-order valence-corrected chi connectivity index (χ1v) is 9.29. The van der Waals surface area contributed by atoms with E-state index in [9.17, 15) is 0 Å². The summed E-state index contributed by atoms with van der Waals surface area (Å²) in [6.45, 7) is 4.42. The van der Waals surface area contributed by atoms with Gasteiger partial charge in [0.2, 0.25) is 0 Å². The van der Waals surface area contributed by atoms with Gasteiger partial charge >= 0.3 is 143 Å². The first kappa shape index (κ1) is 16.9. The van der Waals surface area contributed by atoms with Gasteiger partial charge < -0.3 is 0 Å². The average Bonchev–Trinajstić information content (AvgIpc) is 2.55. The minimum absolute atomic E-state index is 0.384. The summed E-state index contributed by atoms with van der Waals surface area (Å²) in [5.74, 6) is 2.96. The normalized spacial score (nSPS) is 10.8. The van der Waals surface area contributed by atoms with Gasteiger partial charge in [-0.3, -0.25) is 0 Å². The number of methoxy groups -OCH3 is 3. The summed E-state index contributed by atoms with van der Waals surface area (Å²) in [6.07, 6.45) is 0. The van der Waals surface area contributed by atoms with Gasteiger partial charge in [-0.2, -0.15) is 0 Å². The van der Waals surface area contributed by atoms with Crippen LogP contribution >= 0.6 is 0 Å². The van der Waals surface area contributed by atoms with E-state index in [-0.39, 0.29) is 21.2 Å². The van der Waals surface area contributed by atoms with Crippen molar-refractivity contribution in [1.29, 1.82) is 0 Å². The van der Waals surface area contributed by atoms with Crippen molar-refractivity contribution in [3.63, 3.8) is 0 Å². The van der Waals surface area contributed by atoms with Gasteiger partial charge in [0.25, 0.3) is 0 Å². The second-order valence-electron chi connectivity index (χ2n) is 5.15. The van der Waals surface area contributed by atoms with Gasteiger partial charge in [0.05, 0.1) is 0 Å². The van der Waals surface area contributed by atoms with Gasteiger partial charge in [-0.1, -0.05) is 0 Å². The first-order chi connectivity index (χ1) is 10.6. The summed E-state index contributed by atoms with van der Waals surface area (Å²) in [5, 5.41) is 0. The van der Waals surface area contributed by atoms with Crippen molar-refractivity contribution >= 4 is 0 Å². The zero-order valence-electron chi connectivity index (χ0n) is 13.6. The van der Waals surface area contributed by atoms with E-state index in [1.54, 1.807) is 21.3 Å². The molecule has 0 fully saturated rings. The molecule has 0 N–H and O–H groups in total. The zero-order chi connectivity index (χ0) is 16.1. The molecule has 0 radical (unpaired) electrons. The van der Waals surface area contributed by atoms with Crippen molar-refractivity contribution in [1.82, 2.24) is 0 Å². The van der Waals surface area contributed by atoms with Crippen LogP contribution < -0.4 is 35.4 Å². The van der Waals surface area contributed by atoms with Crippen molar-refractivity contribution < 1.29 is 35.4 Å². The van der Waals surface area contributed by atoms with E-state index in [1.165, 1.54) is 9.13 Å². The van der Waals surface area contributed by atoms with Gasteiger partial charge in [0.15, 0.2) is 0 Å². The molecule has 0 heterocycles. The molecule has 0 aliphatic rings. The van der Waals surface area contributed by atoms with E-state index in [0.29, 0.717) is 5.92 Å². The Morgan fingerprint density at radius 3 is 1.77 bits per heavy atom. The molecule has 2 aromatic rings. The van der Waals surface area contributed by atoms with E-state index in [2.05, 4.69) is 38.1 Å². The number of hydrogen-bond donors (Lipinski definition) is 0. The Kier molecular flexibility index (Phi) is 5.94. The number of hydrogen-bond acceptors (Lipinski definition) is 3. The van der Waals surface area contributed by atoms with Crippen molar-refractivity contribution in [3.8, 4) is 17.2 Å². The molecule has 120 valence electrons. The molecule has 0 spiro atoms. The first-order valence-electron chi connectivity index (χ1n) is 7.13. The molecule has 2 aromatic carbocycles. The predicted molar refractivity (Wildman–Crippen MR) is 84.0 cm³/mol. The number of rotatable bonds is 6. The maximum atomic E-state index is 5.53. The topological polar surface area (TPSA) is 27.7 Å². The van der Waals surface area contributed by atoms with Crippen LogP contribution in [0.3, 0.4) is 0 Å². The van der Waals surface area contributed by atoms with Crippen LogP contribution in [0.4, 0.5) is 0 Å². The molecule has 0 atom stereocenters. The molecule has 0 aliphatic heterocycles. The Bertz CT molecular complexity index is 596. The summed E-state index contributed by atoms with van der Waals surface area (Å²) >= 11 is -0.384. The standard InChI is InChI=1S/C18H22IO3/c1-12(2)13-6-8-14(9-7-13)19-18-16(21-4)10-15(20-3)11-17(18)22-5/h6-12H,1-5H3/q-1. The van der Waals surface area contributed by atoms with Crippen LogP contribution in [0.1, 0.15) is 25.3 Å². The fraction of sp³-hybridized carbons (Fsp3) is 0.333. The summed E-state index contributed by atoms with van der Waals surface area (Å²) in [4.78, 5) is 0. The van der Waals surface area contributed by atoms with Gasteiger partial charge in [0, 0.05) is 0 Å². The summed E-state index contributed by atoms with van der Waals surface area (Å²) in [5.41, 5.74) is 1.36. The second kappa shape index (κ2) is 7.72. The molecule has 0 bridgehead atoms. The van der Waals surface area contributed by atoms with Crippen LogP contribution in [0.25, 0.3) is 0 Å². The van der Waals surface area contributed by atoms with E-state index in [4.69, 9.17) is 14.2 Å². The third-order valence-electron chi connectivity index (χ3n) is 3.40. The fourth-order valence-electron chi connectivity index (χ4n) is 2.08. The Morgan fingerprint density at radius 2 is 1.36 bits per heavy atom. The fourth-order valence-corrected chi connectivity index (χ4v) is 4.70. The third kappa shape index (κ3) is 3.85. The third-order valence-corrected chi connectivity index (χ3v) is 6.34.